The summed E-state index contributed by atoms with van der Waals surface area (Å²) in [4.78, 5) is 26.4. The first-order valence-corrected chi connectivity index (χ1v) is 8.83. The first-order valence-electron chi connectivity index (χ1n) is 8.83. The van der Waals surface area contributed by atoms with Gasteiger partial charge in [0.25, 0.3) is 0 Å². The van der Waals surface area contributed by atoms with E-state index in [1.165, 1.54) is 30.2 Å². The number of hydrogen-bond donors (Lipinski definition) is 1. The molecule has 1 aliphatic heterocycles. The van der Waals surface area contributed by atoms with Crippen molar-refractivity contribution in [3.05, 3.63) is 54.1 Å². The molecule has 1 saturated heterocycles. The fourth-order valence-electron chi connectivity index (χ4n) is 3.17. The summed E-state index contributed by atoms with van der Waals surface area (Å²) in [5.74, 6) is -1.13. The molecule has 0 saturated carbocycles. The van der Waals surface area contributed by atoms with E-state index in [2.05, 4.69) is 10.1 Å². The first-order chi connectivity index (χ1) is 13.8. The molecule has 1 heterocycles. The summed E-state index contributed by atoms with van der Waals surface area (Å²) in [5.41, 5.74) is 0.753. The number of halogens is 3. The van der Waals surface area contributed by atoms with Crippen LogP contribution in [-0.2, 0) is 16.1 Å². The van der Waals surface area contributed by atoms with Crippen LogP contribution in [0.4, 0.5) is 18.9 Å². The molecule has 2 aromatic carbocycles. The molecule has 6 nitrogen and oxygen atoms in total. The van der Waals surface area contributed by atoms with E-state index in [9.17, 15) is 22.8 Å². The second kappa shape index (κ2) is 8.42. The van der Waals surface area contributed by atoms with Crippen molar-refractivity contribution in [2.45, 2.75) is 19.3 Å². The largest absolute Gasteiger partial charge is 0.573 e. The van der Waals surface area contributed by atoms with Crippen LogP contribution >= 0.6 is 0 Å². The molecule has 2 amide bonds. The van der Waals surface area contributed by atoms with Crippen LogP contribution in [0.2, 0.25) is 0 Å². The Labute approximate surface area is 165 Å². The van der Waals surface area contributed by atoms with Crippen molar-refractivity contribution in [1.82, 2.24) is 5.32 Å². The SMILES string of the molecule is COc1ccccc1N1CC(C(=O)NCc2ccccc2OC(F)(F)F)CC1=O. The predicted molar refractivity (Wildman–Crippen MR) is 98.4 cm³/mol. The number of carbonyl (C=O) groups excluding carboxylic acids is 2. The van der Waals surface area contributed by atoms with E-state index in [0.29, 0.717) is 11.4 Å². The Bertz CT molecular complexity index is 901. The predicted octanol–water partition coefficient (Wildman–Crippen LogP) is 3.26. The van der Waals surface area contributed by atoms with E-state index in [1.807, 2.05) is 0 Å². The number of nitrogens with zero attached hydrogens (tertiary/aromatic N) is 1. The van der Waals surface area contributed by atoms with Crippen molar-refractivity contribution in [2.75, 3.05) is 18.6 Å². The Morgan fingerprint density at radius 2 is 1.79 bits per heavy atom. The molecule has 2 aromatic rings. The summed E-state index contributed by atoms with van der Waals surface area (Å²) < 4.78 is 46.8. The lowest BCUT2D eigenvalue weighted by Gasteiger charge is -2.19. The van der Waals surface area contributed by atoms with Crippen molar-refractivity contribution in [3.8, 4) is 11.5 Å². The zero-order valence-electron chi connectivity index (χ0n) is 15.5. The molecule has 0 radical (unpaired) electrons. The normalized spacial score (nSPS) is 16.6. The standard InChI is InChI=1S/C20H19F3N2O4/c1-28-17-9-5-3-7-15(17)25-12-14(10-18(25)26)19(27)24-11-13-6-2-4-8-16(13)29-20(21,22)23/h2-9,14H,10-12H2,1H3,(H,24,27). The highest BCUT2D eigenvalue weighted by atomic mass is 19.4. The molecule has 1 fully saturated rings. The number of nitrogens with one attached hydrogen (secondary N) is 1. The van der Waals surface area contributed by atoms with Gasteiger partial charge in [0.05, 0.1) is 18.7 Å². The molecular formula is C20H19F3N2O4. The third kappa shape index (κ3) is 4.98. The molecule has 1 unspecified atom stereocenters. The summed E-state index contributed by atoms with van der Waals surface area (Å²) in [6.07, 6.45) is -4.82. The monoisotopic (exact) mass is 408 g/mol. The quantitative estimate of drug-likeness (QED) is 0.797. The fourth-order valence-corrected chi connectivity index (χ4v) is 3.17. The second-order valence-electron chi connectivity index (χ2n) is 6.45. The van der Waals surface area contributed by atoms with Gasteiger partial charge >= 0.3 is 6.36 Å². The molecule has 0 bridgehead atoms. The van der Waals surface area contributed by atoms with Gasteiger partial charge in [-0.25, -0.2) is 0 Å². The third-order valence-corrected chi connectivity index (χ3v) is 4.52. The number of alkyl halides is 3. The zero-order valence-corrected chi connectivity index (χ0v) is 15.5. The van der Waals surface area contributed by atoms with Gasteiger partial charge in [0.2, 0.25) is 11.8 Å². The van der Waals surface area contributed by atoms with Crippen LogP contribution < -0.4 is 19.7 Å². The molecule has 154 valence electrons. The number of amides is 2. The Kier molecular flexibility index (Phi) is 5.95. The van der Waals surface area contributed by atoms with E-state index in [4.69, 9.17) is 4.74 Å². The number of methoxy groups -OCH3 is 1. The summed E-state index contributed by atoms with van der Waals surface area (Å²) >= 11 is 0. The summed E-state index contributed by atoms with van der Waals surface area (Å²) in [5, 5.41) is 2.59. The van der Waals surface area contributed by atoms with E-state index >= 15 is 0 Å². The Morgan fingerprint density at radius 1 is 1.14 bits per heavy atom. The molecule has 1 atom stereocenters. The van der Waals surface area contributed by atoms with Crippen molar-refractivity contribution >= 4 is 17.5 Å². The van der Waals surface area contributed by atoms with Crippen LogP contribution in [0.1, 0.15) is 12.0 Å². The van der Waals surface area contributed by atoms with Crippen LogP contribution in [0.25, 0.3) is 0 Å². The van der Waals surface area contributed by atoms with Gasteiger partial charge in [-0.05, 0) is 18.2 Å². The van der Waals surface area contributed by atoms with E-state index in [1.54, 1.807) is 30.3 Å². The molecule has 0 spiro atoms. The lowest BCUT2D eigenvalue weighted by atomic mass is 10.1. The molecule has 0 aliphatic carbocycles. The zero-order chi connectivity index (χ0) is 21.0. The van der Waals surface area contributed by atoms with Crippen molar-refractivity contribution in [2.24, 2.45) is 5.92 Å². The average molecular weight is 408 g/mol. The molecule has 1 aliphatic rings. The number of hydrogen-bond acceptors (Lipinski definition) is 4. The summed E-state index contributed by atoms with van der Waals surface area (Å²) in [6.45, 7) is 0.0101. The topological polar surface area (TPSA) is 67.9 Å². The summed E-state index contributed by atoms with van der Waals surface area (Å²) in [7, 11) is 1.49. The van der Waals surface area contributed by atoms with Gasteiger partial charge < -0.3 is 19.7 Å². The molecule has 9 heteroatoms. The van der Waals surface area contributed by atoms with Crippen LogP contribution in [-0.4, -0.2) is 31.8 Å². The van der Waals surface area contributed by atoms with Gasteiger partial charge in [0.1, 0.15) is 11.5 Å². The fraction of sp³-hybridized carbons (Fsp3) is 0.300. The van der Waals surface area contributed by atoms with Crippen LogP contribution in [0.15, 0.2) is 48.5 Å². The smallest absolute Gasteiger partial charge is 0.495 e. The number of carbonyl (C=O) groups is 2. The number of rotatable bonds is 6. The van der Waals surface area contributed by atoms with Gasteiger partial charge in [-0.15, -0.1) is 13.2 Å². The third-order valence-electron chi connectivity index (χ3n) is 4.52. The first kappa shape index (κ1) is 20.5. The minimum Gasteiger partial charge on any atom is -0.495 e. The highest BCUT2D eigenvalue weighted by molar-refractivity contribution is 6.01. The Hall–Kier alpha value is -3.23. The number of anilines is 1. The summed E-state index contributed by atoms with van der Waals surface area (Å²) in [6, 6.07) is 12.5. The van der Waals surface area contributed by atoms with E-state index in [0.717, 1.165) is 0 Å². The maximum atomic E-state index is 12.5. The number of benzene rings is 2. The Balaban J connectivity index is 1.65. The number of para-hydroxylation sites is 3. The molecule has 29 heavy (non-hydrogen) atoms. The molecular weight excluding hydrogens is 389 g/mol. The minimum atomic E-state index is -4.83. The lowest BCUT2D eigenvalue weighted by Crippen LogP contribution is -2.33. The van der Waals surface area contributed by atoms with Gasteiger partial charge in [0.15, 0.2) is 0 Å². The van der Waals surface area contributed by atoms with Crippen LogP contribution in [0.5, 0.6) is 11.5 Å². The minimum absolute atomic E-state index is 0.00454. The van der Waals surface area contributed by atoms with Crippen LogP contribution in [0, 0.1) is 5.92 Å². The van der Waals surface area contributed by atoms with Gasteiger partial charge in [0, 0.05) is 25.1 Å². The van der Waals surface area contributed by atoms with Crippen molar-refractivity contribution in [1.29, 1.82) is 0 Å². The van der Waals surface area contributed by atoms with E-state index < -0.39 is 18.2 Å². The molecule has 1 N–H and O–H groups in total. The van der Waals surface area contributed by atoms with Gasteiger partial charge in [-0.1, -0.05) is 30.3 Å². The maximum absolute atomic E-state index is 12.5. The maximum Gasteiger partial charge on any atom is 0.573 e. The Morgan fingerprint density at radius 3 is 2.48 bits per heavy atom. The molecule has 0 aromatic heterocycles. The molecule has 3 rings (SSSR count). The lowest BCUT2D eigenvalue weighted by molar-refractivity contribution is -0.274. The van der Waals surface area contributed by atoms with Crippen LogP contribution in [0.3, 0.4) is 0 Å². The van der Waals surface area contributed by atoms with Gasteiger partial charge in [-0.2, -0.15) is 0 Å². The average Bonchev–Trinajstić information content (AvgIpc) is 3.07. The second-order valence-corrected chi connectivity index (χ2v) is 6.45. The number of ether oxygens (including phenoxy) is 2. The van der Waals surface area contributed by atoms with Crippen molar-refractivity contribution < 1.29 is 32.2 Å². The highest BCUT2D eigenvalue weighted by Crippen LogP contribution is 2.33. The highest BCUT2D eigenvalue weighted by Gasteiger charge is 2.36. The van der Waals surface area contributed by atoms with E-state index in [-0.39, 0.29) is 36.7 Å². The van der Waals surface area contributed by atoms with Crippen molar-refractivity contribution in [3.63, 3.8) is 0 Å². The van der Waals surface area contributed by atoms with Gasteiger partial charge in [-0.3, -0.25) is 9.59 Å².